The average molecular weight is 211 g/mol. The molecule has 1 aliphatic heterocycles. The van der Waals surface area contributed by atoms with Gasteiger partial charge in [-0.25, -0.2) is 4.98 Å². The van der Waals surface area contributed by atoms with Gasteiger partial charge in [-0.1, -0.05) is 0 Å². The second-order valence-electron chi connectivity index (χ2n) is 3.02. The van der Waals surface area contributed by atoms with E-state index in [9.17, 15) is 9.59 Å². The minimum absolute atomic E-state index is 0.0758. The molecular formula is C8H9N3O2S. The lowest BCUT2D eigenvalue weighted by Gasteiger charge is -2.22. The lowest BCUT2D eigenvalue weighted by atomic mass is 10.1. The molecule has 0 unspecified atom stereocenters. The van der Waals surface area contributed by atoms with Crippen molar-refractivity contribution in [2.45, 2.75) is 12.5 Å². The van der Waals surface area contributed by atoms with E-state index in [4.69, 9.17) is 0 Å². The summed E-state index contributed by atoms with van der Waals surface area (Å²) in [6.45, 7) is 0.0758. The molecule has 2 amide bonds. The van der Waals surface area contributed by atoms with Crippen LogP contribution in [-0.2, 0) is 16.0 Å². The van der Waals surface area contributed by atoms with Gasteiger partial charge in [0.2, 0.25) is 11.8 Å². The third-order valence-corrected chi connectivity index (χ3v) is 2.61. The van der Waals surface area contributed by atoms with E-state index in [1.807, 2.05) is 5.38 Å². The van der Waals surface area contributed by atoms with Gasteiger partial charge in [-0.15, -0.1) is 11.3 Å². The summed E-state index contributed by atoms with van der Waals surface area (Å²) in [5.41, 5.74) is 2.54. The fraction of sp³-hybridized carbons (Fsp3) is 0.375. The molecule has 14 heavy (non-hydrogen) atoms. The molecule has 2 rings (SSSR count). The number of piperazine rings is 1. The van der Waals surface area contributed by atoms with E-state index in [2.05, 4.69) is 15.6 Å². The van der Waals surface area contributed by atoms with Crippen LogP contribution in [0.5, 0.6) is 0 Å². The SMILES string of the molecule is O=C1CNC(=O)[C@@H](Cc2cscn2)N1. The highest BCUT2D eigenvalue weighted by atomic mass is 32.1. The Kier molecular flexibility index (Phi) is 2.45. The molecule has 6 heteroatoms. The summed E-state index contributed by atoms with van der Waals surface area (Å²) >= 11 is 1.47. The minimum Gasteiger partial charge on any atom is -0.345 e. The molecule has 0 radical (unpaired) electrons. The summed E-state index contributed by atoms with van der Waals surface area (Å²) in [4.78, 5) is 26.4. The molecule has 5 nitrogen and oxygen atoms in total. The highest BCUT2D eigenvalue weighted by Gasteiger charge is 2.26. The third kappa shape index (κ3) is 1.90. The van der Waals surface area contributed by atoms with Crippen LogP contribution in [0.15, 0.2) is 10.9 Å². The molecule has 1 aromatic rings. The van der Waals surface area contributed by atoms with E-state index in [1.54, 1.807) is 5.51 Å². The largest absolute Gasteiger partial charge is 0.345 e. The van der Waals surface area contributed by atoms with Gasteiger partial charge in [-0.3, -0.25) is 9.59 Å². The summed E-state index contributed by atoms with van der Waals surface area (Å²) in [7, 11) is 0. The summed E-state index contributed by atoms with van der Waals surface area (Å²) in [5, 5.41) is 7.01. The van der Waals surface area contributed by atoms with Gasteiger partial charge in [0.1, 0.15) is 6.04 Å². The average Bonchev–Trinajstić information content (AvgIpc) is 2.64. The van der Waals surface area contributed by atoms with Crippen molar-refractivity contribution in [1.82, 2.24) is 15.6 Å². The highest BCUT2D eigenvalue weighted by Crippen LogP contribution is 2.05. The summed E-state index contributed by atoms with van der Waals surface area (Å²) in [6, 6.07) is -0.474. The lowest BCUT2D eigenvalue weighted by Crippen LogP contribution is -2.56. The second kappa shape index (κ2) is 3.75. The van der Waals surface area contributed by atoms with E-state index in [-0.39, 0.29) is 18.4 Å². The van der Waals surface area contributed by atoms with Crippen molar-refractivity contribution >= 4 is 23.2 Å². The maximum atomic E-state index is 11.3. The first-order chi connectivity index (χ1) is 6.75. The van der Waals surface area contributed by atoms with Crippen LogP contribution in [0.2, 0.25) is 0 Å². The monoisotopic (exact) mass is 211 g/mol. The van der Waals surface area contributed by atoms with Gasteiger partial charge in [-0.2, -0.15) is 0 Å². The van der Waals surface area contributed by atoms with Gasteiger partial charge in [0, 0.05) is 11.8 Å². The maximum Gasteiger partial charge on any atom is 0.243 e. The number of rotatable bonds is 2. The number of nitrogens with one attached hydrogen (secondary N) is 2. The smallest absolute Gasteiger partial charge is 0.243 e. The fourth-order valence-electron chi connectivity index (χ4n) is 1.29. The zero-order valence-electron chi connectivity index (χ0n) is 7.32. The number of amides is 2. The second-order valence-corrected chi connectivity index (χ2v) is 3.74. The van der Waals surface area contributed by atoms with E-state index >= 15 is 0 Å². The molecule has 1 atom stereocenters. The number of carbonyl (C=O) groups is 2. The summed E-state index contributed by atoms with van der Waals surface area (Å²) in [5.74, 6) is -0.289. The summed E-state index contributed by atoms with van der Waals surface area (Å²) in [6.07, 6.45) is 0.459. The third-order valence-electron chi connectivity index (χ3n) is 1.97. The van der Waals surface area contributed by atoms with Crippen LogP contribution in [0.25, 0.3) is 0 Å². The molecular weight excluding hydrogens is 202 g/mol. The Morgan fingerprint density at radius 1 is 1.57 bits per heavy atom. The van der Waals surface area contributed by atoms with E-state index in [0.717, 1.165) is 5.69 Å². The zero-order valence-corrected chi connectivity index (χ0v) is 8.13. The molecule has 2 N–H and O–H groups in total. The Morgan fingerprint density at radius 2 is 2.43 bits per heavy atom. The molecule has 1 aliphatic rings. The Bertz CT molecular complexity index is 349. The topological polar surface area (TPSA) is 71.1 Å². The van der Waals surface area contributed by atoms with Gasteiger partial charge in [0.15, 0.2) is 0 Å². The first-order valence-electron chi connectivity index (χ1n) is 4.20. The number of aromatic nitrogens is 1. The number of carbonyl (C=O) groups excluding carboxylic acids is 2. The molecule has 1 aromatic heterocycles. The van der Waals surface area contributed by atoms with Crippen LogP contribution < -0.4 is 10.6 Å². The number of hydrogen-bond donors (Lipinski definition) is 2. The molecule has 0 bridgehead atoms. The highest BCUT2D eigenvalue weighted by molar-refractivity contribution is 7.07. The van der Waals surface area contributed by atoms with Crippen LogP contribution >= 0.6 is 11.3 Å². The zero-order chi connectivity index (χ0) is 9.97. The first-order valence-corrected chi connectivity index (χ1v) is 5.14. The van der Waals surface area contributed by atoms with Gasteiger partial charge >= 0.3 is 0 Å². The van der Waals surface area contributed by atoms with Crippen molar-refractivity contribution in [3.8, 4) is 0 Å². The Hall–Kier alpha value is -1.43. The van der Waals surface area contributed by atoms with E-state index in [1.165, 1.54) is 11.3 Å². The standard InChI is InChI=1S/C8H9N3O2S/c12-7-2-9-8(13)6(11-7)1-5-3-14-4-10-5/h3-4,6H,1-2H2,(H,9,13)(H,11,12)/t6-/m1/s1. The number of nitrogens with zero attached hydrogens (tertiary/aromatic N) is 1. The van der Waals surface area contributed by atoms with Crippen LogP contribution in [0.1, 0.15) is 5.69 Å². The predicted octanol–water partition coefficient (Wildman–Crippen LogP) is -0.700. The van der Waals surface area contributed by atoms with Crippen molar-refractivity contribution in [3.63, 3.8) is 0 Å². The van der Waals surface area contributed by atoms with Crippen molar-refractivity contribution in [1.29, 1.82) is 0 Å². The van der Waals surface area contributed by atoms with Crippen LogP contribution in [0.4, 0.5) is 0 Å². The molecule has 0 saturated carbocycles. The number of thiazole rings is 1. The lowest BCUT2D eigenvalue weighted by molar-refractivity contribution is -0.133. The quantitative estimate of drug-likeness (QED) is 0.679. The fourth-order valence-corrected chi connectivity index (χ4v) is 1.86. The van der Waals surface area contributed by atoms with Gasteiger partial charge in [0.05, 0.1) is 17.7 Å². The van der Waals surface area contributed by atoms with Gasteiger partial charge in [-0.05, 0) is 0 Å². The first kappa shape index (κ1) is 9.14. The van der Waals surface area contributed by atoms with Crippen LogP contribution in [-0.4, -0.2) is 29.4 Å². The van der Waals surface area contributed by atoms with Crippen molar-refractivity contribution < 1.29 is 9.59 Å². The molecule has 0 aromatic carbocycles. The molecule has 1 saturated heterocycles. The van der Waals surface area contributed by atoms with Crippen molar-refractivity contribution in [2.75, 3.05) is 6.54 Å². The maximum absolute atomic E-state index is 11.3. The van der Waals surface area contributed by atoms with Crippen molar-refractivity contribution in [3.05, 3.63) is 16.6 Å². The molecule has 74 valence electrons. The van der Waals surface area contributed by atoms with Crippen molar-refractivity contribution in [2.24, 2.45) is 0 Å². The molecule has 0 aliphatic carbocycles. The minimum atomic E-state index is -0.474. The summed E-state index contributed by atoms with van der Waals surface area (Å²) < 4.78 is 0. The van der Waals surface area contributed by atoms with E-state index < -0.39 is 6.04 Å². The Balaban J connectivity index is 2.02. The van der Waals surface area contributed by atoms with Gasteiger partial charge < -0.3 is 10.6 Å². The predicted molar refractivity (Wildman–Crippen MR) is 50.8 cm³/mol. The van der Waals surface area contributed by atoms with Gasteiger partial charge in [0.25, 0.3) is 0 Å². The molecule has 2 heterocycles. The number of hydrogen-bond acceptors (Lipinski definition) is 4. The van der Waals surface area contributed by atoms with Crippen LogP contribution in [0.3, 0.4) is 0 Å². The van der Waals surface area contributed by atoms with E-state index in [0.29, 0.717) is 6.42 Å². The normalized spacial score (nSPS) is 21.6. The Labute approximate surface area is 84.5 Å². The molecule has 1 fully saturated rings. The Morgan fingerprint density at radius 3 is 3.14 bits per heavy atom. The van der Waals surface area contributed by atoms with Crippen LogP contribution in [0, 0.1) is 0 Å². The molecule has 0 spiro atoms.